The number of benzene rings is 6. The molecule has 13 aromatic rings. The third-order valence-electron chi connectivity index (χ3n) is 28.3. The van der Waals surface area contributed by atoms with Crippen LogP contribution in [0.1, 0.15) is 336 Å². The molecule has 0 bridgehead atoms. The number of hydrogen-bond acceptors (Lipinski definition) is 1. The van der Waals surface area contributed by atoms with Crippen molar-refractivity contribution in [1.82, 2.24) is 69.3 Å². The Morgan fingerprint density at radius 1 is 0.254 bits per heavy atom. The van der Waals surface area contributed by atoms with Crippen molar-refractivity contribution >= 4 is 0 Å². The molecule has 4 aliphatic rings. The first kappa shape index (κ1) is 114. The summed E-state index contributed by atoms with van der Waals surface area (Å²) in [6, 6.07) is 30.4. The molecule has 0 aliphatic heterocycles. The van der Waals surface area contributed by atoms with Crippen molar-refractivity contribution in [3.8, 4) is 34.1 Å². The summed E-state index contributed by atoms with van der Waals surface area (Å²) in [4.78, 5) is 0. The van der Waals surface area contributed by atoms with Crippen molar-refractivity contribution < 1.29 is 69.9 Å². The van der Waals surface area contributed by atoms with Crippen LogP contribution in [-0.4, -0.2) is 77.0 Å². The first-order valence-corrected chi connectivity index (χ1v) is 57.4. The normalized spacial score (nSPS) is 14.8. The quantitative estimate of drug-likeness (QED) is 0.0500. The Labute approximate surface area is 888 Å². The molecule has 7 heterocycles. The van der Waals surface area contributed by atoms with Crippen molar-refractivity contribution in [3.05, 3.63) is 327 Å². The van der Waals surface area contributed by atoms with Crippen LogP contribution in [0.3, 0.4) is 0 Å². The monoisotopic (exact) mass is 2290 g/mol. The van der Waals surface area contributed by atoms with Crippen molar-refractivity contribution in [3.63, 3.8) is 0 Å². The van der Waals surface area contributed by atoms with Gasteiger partial charge >= 0.3 is 837 Å². The fraction of sp³-hybridized carbons (Fsp3) is 0.488. The number of nitrogens with zero attached hydrogens (tertiary/aromatic N) is 14. The van der Waals surface area contributed by atoms with Gasteiger partial charge in [-0.05, 0) is 0 Å². The van der Waals surface area contributed by atoms with Crippen LogP contribution < -0.4 is 5.32 Å². The van der Waals surface area contributed by atoms with E-state index in [-0.39, 0.29) is 54.1 Å². The summed E-state index contributed by atoms with van der Waals surface area (Å²) in [5.41, 5.74) is 31.0. The topological polar surface area (TPSA) is 81.1 Å². The maximum atomic E-state index is 3.54. The van der Waals surface area contributed by atoms with Gasteiger partial charge in [0.1, 0.15) is 0 Å². The number of rotatable bonds is 14. The van der Waals surface area contributed by atoms with Crippen molar-refractivity contribution in [2.75, 3.05) is 13.1 Å². The summed E-state index contributed by atoms with van der Waals surface area (Å²) in [6.07, 6.45) is 64.2. The molecule has 4 saturated carbocycles. The van der Waals surface area contributed by atoms with Gasteiger partial charge in [-0.1, -0.05) is 12.2 Å². The Hall–Kier alpha value is -8.12. The van der Waals surface area contributed by atoms with Gasteiger partial charge in [-0.25, -0.2) is 0 Å². The molecule has 6 aromatic carbocycles. The molecular weight excluding hydrogens is 2110 g/mol. The molecule has 0 radical (unpaired) electrons. The zero-order chi connectivity index (χ0) is 101. The molecule has 786 valence electrons. The molecule has 0 unspecified atom stereocenters. The number of hydrogen-bond donors (Lipinski definition) is 1. The summed E-state index contributed by atoms with van der Waals surface area (Å²) in [6.45, 7) is 76.1. The van der Waals surface area contributed by atoms with Crippen LogP contribution >= 0.6 is 0 Å². The SMILES string of the molecule is C=CCNCC=C.CC(C)(C)n1ccn(C(C)(C)C)[c]1=[Pd]=[c]1n(C(C)(C)C)ccn1C(C)(C)C.Cc1cc(C)c(-n2ccn(-c3c(C)cc(C)cc3C)[c]2=[Pd])c(C)c1.Cc1cc(C)c(-n2ccn(-c3c(C)cc(C)cc3C)[c]2=[Pd]=[c]2n(-c3c(C)cc(C)cc3C)ccn2-c2c(C)cc(C)cc2C)c(C)c1.[CH3-].[CH3-].c1cn(C2CCCCC2)[c](=[Pd]=[c]2n(C3CCCCC3)ccn2C2CCCCC2)n1C1CCCCC1. The van der Waals surface area contributed by atoms with Crippen LogP contribution in [0, 0.1) is 167 Å². The summed E-state index contributed by atoms with van der Waals surface area (Å²) >= 11 is 4.34. The summed E-state index contributed by atoms with van der Waals surface area (Å²) < 4.78 is 45.0. The van der Waals surface area contributed by atoms with Crippen LogP contribution in [0.15, 0.2) is 185 Å². The fourth-order valence-corrected chi connectivity index (χ4v) is 31.3. The van der Waals surface area contributed by atoms with E-state index < -0.39 is 0 Å². The second kappa shape index (κ2) is 49.1. The Morgan fingerprint density at radius 2 is 0.423 bits per heavy atom. The third kappa shape index (κ3) is 26.7. The number of nitrogens with one attached hydrogen (secondary N) is 1. The van der Waals surface area contributed by atoms with E-state index in [1.807, 2.05) is 12.2 Å². The molecule has 0 amide bonds. The molecule has 19 heteroatoms. The van der Waals surface area contributed by atoms with Gasteiger partial charge in [0, 0.05) is 13.1 Å². The van der Waals surface area contributed by atoms with Gasteiger partial charge in [-0.2, -0.15) is 0 Å². The minimum atomic E-state index is 0. The van der Waals surface area contributed by atoms with Gasteiger partial charge in [0.2, 0.25) is 0 Å². The van der Waals surface area contributed by atoms with Gasteiger partial charge < -0.3 is 20.2 Å². The molecule has 0 atom stereocenters. The standard InChI is InChI=1S/3C21H24N2.2C15H24N2.2C11H20N2.C6H11N.2CH3.4Pd/c3*1-14-9-16(3)20(17(4)10-14)22-7-8-23(13-22)21-18(5)11-15(2)12-19(21)6;2*1-3-7-14(8-4-1)16-11-12-17(13-16)15-9-5-2-6-10-15;2*1-10(2,3)12-7-8-13(9-12)11(4,5)6;1-3-5-7-6-4-2;;;;;;/h3*7-12H,1-6H3;2*11-12,14-15H,1-10H2;2*7-8H,1-6H3;3-4,7H,1-2,5-6H2;2*1H3;;;;/q;;;;;;;;2*-1;;;;. The van der Waals surface area contributed by atoms with E-state index in [1.54, 1.807) is 7.78 Å². The maximum absolute atomic E-state index is 3.54. The molecule has 7 aromatic heterocycles. The first-order chi connectivity index (χ1) is 66.3. The molecule has 4 fully saturated rings. The van der Waals surface area contributed by atoms with Crippen LogP contribution in [0.25, 0.3) is 34.1 Å². The average Bonchev–Trinajstić information content (AvgIpc) is 1.81. The van der Waals surface area contributed by atoms with Crippen LogP contribution in [0.4, 0.5) is 0 Å². The number of aryl methyl sites for hydroxylation is 18. The molecular formula is C123H177N15Pd4-2. The third-order valence-corrected chi connectivity index (χ3v) is 35.7. The van der Waals surface area contributed by atoms with E-state index in [2.05, 4.69) is 468 Å². The molecule has 15 nitrogen and oxygen atoms in total. The van der Waals surface area contributed by atoms with Gasteiger partial charge in [-0.3, -0.25) is 0 Å². The van der Waals surface area contributed by atoms with Crippen molar-refractivity contribution in [1.29, 1.82) is 0 Å². The summed E-state index contributed by atoms with van der Waals surface area (Å²) in [5, 5.41) is 3.05. The Kier molecular flexibility index (Phi) is 39.5. The second-order valence-electron chi connectivity index (χ2n) is 44.9. The van der Waals surface area contributed by atoms with Crippen LogP contribution in [0.5, 0.6) is 0 Å². The van der Waals surface area contributed by atoms with E-state index in [4.69, 9.17) is 0 Å². The summed E-state index contributed by atoms with van der Waals surface area (Å²) in [7, 11) is 0. The molecule has 142 heavy (non-hydrogen) atoms. The Balaban J connectivity index is 0.000000181. The van der Waals surface area contributed by atoms with E-state index in [9.17, 15) is 0 Å². The second-order valence-corrected chi connectivity index (χ2v) is 50.9. The molecule has 0 saturated heterocycles. The predicted molar refractivity (Wildman–Crippen MR) is 588 cm³/mol. The van der Waals surface area contributed by atoms with Crippen LogP contribution in [-0.2, 0) is 92.1 Å². The average molecular weight is 2290 g/mol. The molecule has 0 spiro atoms. The van der Waals surface area contributed by atoms with E-state index in [0.29, 0.717) is 34.1 Å². The molecule has 1 N–H and O–H groups in total. The molecule has 17 rings (SSSR count). The molecule has 4 aliphatic carbocycles. The zero-order valence-electron chi connectivity index (χ0n) is 93.0. The zero-order valence-corrected chi connectivity index (χ0v) is 99.2. The van der Waals surface area contributed by atoms with Crippen molar-refractivity contribution in [2.45, 2.75) is 382 Å². The van der Waals surface area contributed by atoms with Gasteiger partial charge in [0.05, 0.1) is 0 Å². The number of aromatic nitrogens is 14. The van der Waals surface area contributed by atoms with Gasteiger partial charge in [-0.15, -0.1) is 13.2 Å². The van der Waals surface area contributed by atoms with E-state index >= 15 is 0 Å². The fourth-order valence-electron chi connectivity index (χ4n) is 22.2. The van der Waals surface area contributed by atoms with E-state index in [0.717, 1.165) is 41.1 Å². The van der Waals surface area contributed by atoms with Crippen LogP contribution in [0.2, 0.25) is 0 Å². The Morgan fingerprint density at radius 3 is 0.606 bits per heavy atom. The minimum absolute atomic E-state index is 0. The van der Waals surface area contributed by atoms with Gasteiger partial charge in [0.15, 0.2) is 0 Å². The first-order valence-electron chi connectivity index (χ1n) is 52.0. The number of imidazole rings is 7. The summed E-state index contributed by atoms with van der Waals surface area (Å²) in [5.74, 6) is 0. The van der Waals surface area contributed by atoms with Crippen molar-refractivity contribution in [2.24, 2.45) is 0 Å². The Bertz CT molecular complexity index is 6320. The predicted octanol–water partition coefficient (Wildman–Crippen LogP) is 32.0. The van der Waals surface area contributed by atoms with E-state index in [1.165, 1.54) is 278 Å². The van der Waals surface area contributed by atoms with Gasteiger partial charge in [0.25, 0.3) is 0 Å².